The Kier molecular flexibility index (Phi) is 7.09. The van der Waals surface area contributed by atoms with Gasteiger partial charge in [-0.05, 0) is 30.7 Å². The van der Waals surface area contributed by atoms with Gasteiger partial charge in [0, 0.05) is 30.5 Å². The zero-order chi connectivity index (χ0) is 16.6. The summed E-state index contributed by atoms with van der Waals surface area (Å²) in [6.45, 7) is 7.83. The van der Waals surface area contributed by atoms with Crippen molar-refractivity contribution in [2.75, 3.05) is 13.1 Å². The van der Waals surface area contributed by atoms with Crippen LogP contribution >= 0.6 is 0 Å². The molecule has 22 heavy (non-hydrogen) atoms. The second-order valence-electron chi connectivity index (χ2n) is 5.78. The van der Waals surface area contributed by atoms with Crippen molar-refractivity contribution in [3.63, 3.8) is 0 Å². The monoisotopic (exact) mass is 300 g/mol. The highest BCUT2D eigenvalue weighted by molar-refractivity contribution is 5.34. The summed E-state index contributed by atoms with van der Waals surface area (Å²) in [5.41, 5.74) is 1.51. The van der Waals surface area contributed by atoms with Crippen molar-refractivity contribution in [1.82, 2.24) is 4.90 Å². The molecule has 2 atom stereocenters. The van der Waals surface area contributed by atoms with Crippen molar-refractivity contribution in [3.8, 4) is 18.4 Å². The number of hydrogen-bond donors (Lipinski definition) is 0. The van der Waals surface area contributed by atoms with Crippen LogP contribution in [0.15, 0.2) is 24.3 Å². The van der Waals surface area contributed by atoms with Gasteiger partial charge in [-0.2, -0.15) is 5.26 Å². The molecule has 0 saturated carbocycles. The van der Waals surface area contributed by atoms with Crippen LogP contribution < -0.4 is 0 Å². The normalized spacial score (nSPS) is 24.5. The number of piperidine rings is 1. The average molecular weight is 300 g/mol. The van der Waals surface area contributed by atoms with Crippen LogP contribution in [0.3, 0.4) is 0 Å². The van der Waals surface area contributed by atoms with Crippen LogP contribution in [0.25, 0.3) is 0 Å². The Bertz CT molecular complexity index is 538. The molecule has 1 saturated heterocycles. The second-order valence-corrected chi connectivity index (χ2v) is 5.78. The number of hydrogen-bond acceptors (Lipinski definition) is 2. The molecular weight excluding hydrogens is 275 g/mol. The lowest BCUT2D eigenvalue weighted by molar-refractivity contribution is 0.0186. The number of likely N-dealkylation sites (tertiary alicyclic amines) is 1. The van der Waals surface area contributed by atoms with E-state index >= 15 is 0 Å². The van der Waals surface area contributed by atoms with Gasteiger partial charge in [-0.15, -0.1) is 6.42 Å². The predicted molar refractivity (Wildman–Crippen MR) is 88.9 cm³/mol. The SMILES string of the molecule is C#Cc1ccc(CN2CCC(C)(CC#N)C(F)C2)cc1.CC. The fourth-order valence-corrected chi connectivity index (χ4v) is 2.60. The average Bonchev–Trinajstić information content (AvgIpc) is 2.54. The van der Waals surface area contributed by atoms with Crippen molar-refractivity contribution in [2.24, 2.45) is 5.41 Å². The first-order chi connectivity index (χ1) is 10.6. The van der Waals surface area contributed by atoms with Crippen LogP contribution in [-0.4, -0.2) is 24.2 Å². The van der Waals surface area contributed by atoms with Crippen LogP contribution in [0.4, 0.5) is 4.39 Å². The maximum atomic E-state index is 14.3. The van der Waals surface area contributed by atoms with Gasteiger partial charge in [-0.25, -0.2) is 4.39 Å². The van der Waals surface area contributed by atoms with Crippen molar-refractivity contribution in [3.05, 3.63) is 35.4 Å². The lowest BCUT2D eigenvalue weighted by Crippen LogP contribution is -2.47. The maximum Gasteiger partial charge on any atom is 0.119 e. The number of terminal acetylenes is 1. The highest BCUT2D eigenvalue weighted by Crippen LogP contribution is 2.36. The van der Waals surface area contributed by atoms with Gasteiger partial charge >= 0.3 is 0 Å². The molecule has 1 aromatic carbocycles. The Morgan fingerprint density at radius 1 is 1.36 bits per heavy atom. The van der Waals surface area contributed by atoms with E-state index in [4.69, 9.17) is 11.7 Å². The van der Waals surface area contributed by atoms with Gasteiger partial charge in [0.15, 0.2) is 0 Å². The van der Waals surface area contributed by atoms with E-state index in [9.17, 15) is 4.39 Å². The first kappa shape index (κ1) is 18.2. The molecule has 1 heterocycles. The van der Waals surface area contributed by atoms with E-state index in [-0.39, 0.29) is 0 Å². The van der Waals surface area contributed by atoms with Crippen molar-refractivity contribution in [2.45, 2.75) is 46.3 Å². The van der Waals surface area contributed by atoms with Gasteiger partial charge in [-0.3, -0.25) is 4.90 Å². The first-order valence-electron chi connectivity index (χ1n) is 7.86. The third-order valence-electron chi connectivity index (χ3n) is 4.18. The Balaban J connectivity index is 0.00000116. The quantitative estimate of drug-likeness (QED) is 0.784. The molecule has 0 N–H and O–H groups in total. The fourth-order valence-electron chi connectivity index (χ4n) is 2.60. The summed E-state index contributed by atoms with van der Waals surface area (Å²) in [4.78, 5) is 2.11. The fraction of sp³-hybridized carbons (Fsp3) is 0.526. The van der Waals surface area contributed by atoms with E-state index in [0.717, 1.165) is 30.6 Å². The van der Waals surface area contributed by atoms with Crippen LogP contribution in [-0.2, 0) is 6.54 Å². The lowest BCUT2D eigenvalue weighted by atomic mass is 9.76. The standard InChI is InChI=1S/C17H19FN2.C2H6/c1-3-14-4-6-15(7-5-14)12-20-11-9-17(2,8-10-19)16(18)13-20;1-2/h1,4-7,16H,8-9,11-13H2,2H3;1-2H3. The molecule has 0 radical (unpaired) electrons. The molecule has 0 aromatic heterocycles. The third-order valence-corrected chi connectivity index (χ3v) is 4.18. The van der Waals surface area contributed by atoms with Crippen LogP contribution in [0.5, 0.6) is 0 Å². The maximum absolute atomic E-state index is 14.3. The summed E-state index contributed by atoms with van der Waals surface area (Å²) in [6, 6.07) is 9.91. The number of halogens is 1. The second kappa shape index (κ2) is 8.57. The molecular formula is C19H25FN2. The van der Waals surface area contributed by atoms with E-state index in [0.29, 0.717) is 13.0 Å². The molecule has 1 aromatic rings. The van der Waals surface area contributed by atoms with E-state index in [1.54, 1.807) is 0 Å². The molecule has 1 aliphatic rings. The van der Waals surface area contributed by atoms with Gasteiger partial charge in [-0.1, -0.05) is 38.8 Å². The molecule has 0 amide bonds. The van der Waals surface area contributed by atoms with Gasteiger partial charge in [0.2, 0.25) is 0 Å². The zero-order valence-electron chi connectivity index (χ0n) is 13.8. The summed E-state index contributed by atoms with van der Waals surface area (Å²) < 4.78 is 14.3. The Labute approximate surface area is 133 Å². The molecule has 0 bridgehead atoms. The van der Waals surface area contributed by atoms with E-state index in [2.05, 4.69) is 16.9 Å². The minimum Gasteiger partial charge on any atom is -0.296 e. The molecule has 2 nitrogen and oxygen atoms in total. The molecule has 2 rings (SSSR count). The van der Waals surface area contributed by atoms with Gasteiger partial charge in [0.25, 0.3) is 0 Å². The summed E-state index contributed by atoms with van der Waals surface area (Å²) in [5, 5.41) is 8.81. The summed E-state index contributed by atoms with van der Waals surface area (Å²) in [5.74, 6) is 2.59. The van der Waals surface area contributed by atoms with Gasteiger partial charge in [0.1, 0.15) is 6.17 Å². The number of benzene rings is 1. The molecule has 118 valence electrons. The van der Waals surface area contributed by atoms with Gasteiger partial charge < -0.3 is 0 Å². The molecule has 2 unspecified atom stereocenters. The molecule has 1 aliphatic heterocycles. The summed E-state index contributed by atoms with van der Waals surface area (Å²) >= 11 is 0. The Hall–Kier alpha value is -1.84. The van der Waals surface area contributed by atoms with E-state index in [1.165, 1.54) is 0 Å². The van der Waals surface area contributed by atoms with Crippen LogP contribution in [0, 0.1) is 29.1 Å². The lowest BCUT2D eigenvalue weighted by Gasteiger charge is -2.41. The summed E-state index contributed by atoms with van der Waals surface area (Å²) in [7, 11) is 0. The van der Waals surface area contributed by atoms with Crippen LogP contribution in [0.2, 0.25) is 0 Å². The predicted octanol–water partition coefficient (Wildman–Crippen LogP) is 4.16. The topological polar surface area (TPSA) is 27.0 Å². The van der Waals surface area contributed by atoms with Crippen molar-refractivity contribution in [1.29, 1.82) is 5.26 Å². The number of nitrogens with zero attached hydrogens (tertiary/aromatic N) is 2. The van der Waals surface area contributed by atoms with Crippen LogP contribution in [0.1, 0.15) is 44.7 Å². The van der Waals surface area contributed by atoms with E-state index < -0.39 is 11.6 Å². The Morgan fingerprint density at radius 2 is 2.00 bits per heavy atom. The molecule has 3 heteroatoms. The first-order valence-corrected chi connectivity index (χ1v) is 7.86. The highest BCUT2D eigenvalue weighted by Gasteiger charge is 2.39. The van der Waals surface area contributed by atoms with Crippen molar-refractivity contribution >= 4 is 0 Å². The van der Waals surface area contributed by atoms with Crippen molar-refractivity contribution < 1.29 is 4.39 Å². The van der Waals surface area contributed by atoms with Gasteiger partial charge in [0.05, 0.1) is 6.07 Å². The minimum atomic E-state index is -0.944. The highest BCUT2D eigenvalue weighted by atomic mass is 19.1. The Morgan fingerprint density at radius 3 is 2.50 bits per heavy atom. The van der Waals surface area contributed by atoms with E-state index in [1.807, 2.05) is 45.0 Å². The molecule has 0 aliphatic carbocycles. The molecule has 1 fully saturated rings. The number of rotatable bonds is 3. The number of nitriles is 1. The largest absolute Gasteiger partial charge is 0.296 e. The number of alkyl halides is 1. The summed E-state index contributed by atoms with van der Waals surface area (Å²) in [6.07, 6.45) is 5.40. The molecule has 0 spiro atoms. The zero-order valence-corrected chi connectivity index (χ0v) is 13.8. The third kappa shape index (κ3) is 4.58. The minimum absolute atomic E-state index is 0.291. The smallest absolute Gasteiger partial charge is 0.119 e.